The van der Waals surface area contributed by atoms with E-state index in [4.69, 9.17) is 5.73 Å². The van der Waals surface area contributed by atoms with E-state index < -0.39 is 6.04 Å². The first-order valence-corrected chi connectivity index (χ1v) is 8.39. The summed E-state index contributed by atoms with van der Waals surface area (Å²) in [7, 11) is 0. The van der Waals surface area contributed by atoms with Crippen molar-refractivity contribution in [1.82, 2.24) is 10.3 Å². The zero-order chi connectivity index (χ0) is 16.1. The molecule has 118 valence electrons. The van der Waals surface area contributed by atoms with Gasteiger partial charge in [-0.05, 0) is 12.5 Å². The van der Waals surface area contributed by atoms with Crippen LogP contribution in [0.3, 0.4) is 0 Å². The zero-order valence-corrected chi connectivity index (χ0v) is 14.1. The van der Waals surface area contributed by atoms with E-state index in [1.165, 1.54) is 0 Å². The Labute approximate surface area is 135 Å². The molecular weight excluding hydrogens is 294 g/mol. The highest BCUT2D eigenvalue weighted by Gasteiger charge is 2.15. The quantitative estimate of drug-likeness (QED) is 0.861. The SMILES string of the molecule is Cc1ccc(C(N)C(=O)NCCc2csc(C(C)C)n2)cc1. The standard InChI is InChI=1S/C17H23N3OS/c1-11(2)17-20-14(10-22-17)8-9-19-16(21)15(18)13-6-4-12(3)5-7-13/h4-7,10-11,15H,8-9,18H2,1-3H3,(H,19,21). The molecule has 3 N–H and O–H groups in total. The molecule has 0 bridgehead atoms. The van der Waals surface area contributed by atoms with Crippen LogP contribution in [0.2, 0.25) is 0 Å². The van der Waals surface area contributed by atoms with Crippen molar-refractivity contribution in [3.63, 3.8) is 0 Å². The first-order chi connectivity index (χ1) is 10.5. The van der Waals surface area contributed by atoms with Gasteiger partial charge >= 0.3 is 0 Å². The third-order valence-corrected chi connectivity index (χ3v) is 4.66. The van der Waals surface area contributed by atoms with Crippen LogP contribution in [0.5, 0.6) is 0 Å². The number of amides is 1. The lowest BCUT2D eigenvalue weighted by Gasteiger charge is -2.12. The maximum atomic E-state index is 12.1. The van der Waals surface area contributed by atoms with Crippen molar-refractivity contribution in [3.8, 4) is 0 Å². The third-order valence-electron chi connectivity index (χ3n) is 3.46. The lowest BCUT2D eigenvalue weighted by Crippen LogP contribution is -2.35. The van der Waals surface area contributed by atoms with Crippen LogP contribution in [0.25, 0.3) is 0 Å². The molecule has 0 aliphatic carbocycles. The minimum Gasteiger partial charge on any atom is -0.354 e. The second-order valence-electron chi connectivity index (χ2n) is 5.76. The summed E-state index contributed by atoms with van der Waals surface area (Å²) in [6.45, 7) is 6.82. The van der Waals surface area contributed by atoms with Crippen LogP contribution in [-0.2, 0) is 11.2 Å². The van der Waals surface area contributed by atoms with E-state index in [0.717, 1.165) is 28.2 Å². The van der Waals surface area contributed by atoms with E-state index in [2.05, 4.69) is 29.5 Å². The Hall–Kier alpha value is -1.72. The number of aryl methyl sites for hydroxylation is 1. The van der Waals surface area contributed by atoms with E-state index >= 15 is 0 Å². The van der Waals surface area contributed by atoms with E-state index in [0.29, 0.717) is 12.5 Å². The minimum absolute atomic E-state index is 0.150. The molecule has 2 aromatic rings. The van der Waals surface area contributed by atoms with Gasteiger partial charge in [-0.15, -0.1) is 11.3 Å². The number of carbonyl (C=O) groups excluding carboxylic acids is 1. The van der Waals surface area contributed by atoms with E-state index in [9.17, 15) is 4.79 Å². The molecule has 4 nitrogen and oxygen atoms in total. The topological polar surface area (TPSA) is 68.0 Å². The highest BCUT2D eigenvalue weighted by Crippen LogP contribution is 2.19. The van der Waals surface area contributed by atoms with E-state index in [1.54, 1.807) is 11.3 Å². The van der Waals surface area contributed by atoms with Crippen LogP contribution in [0.1, 0.15) is 47.6 Å². The van der Waals surface area contributed by atoms with Crippen molar-refractivity contribution < 1.29 is 4.79 Å². The summed E-state index contributed by atoms with van der Waals surface area (Å²) in [5.74, 6) is 0.298. The number of hydrogen-bond donors (Lipinski definition) is 2. The fraction of sp³-hybridized carbons (Fsp3) is 0.412. The van der Waals surface area contributed by atoms with Crippen LogP contribution >= 0.6 is 11.3 Å². The number of rotatable bonds is 6. The predicted octanol–water partition coefficient (Wildman–Crippen LogP) is 2.93. The largest absolute Gasteiger partial charge is 0.354 e. The fourth-order valence-corrected chi connectivity index (χ4v) is 2.92. The van der Waals surface area contributed by atoms with Gasteiger partial charge in [0.25, 0.3) is 0 Å². The summed E-state index contributed by atoms with van der Waals surface area (Å²) in [5, 5.41) is 6.08. The highest BCUT2D eigenvalue weighted by atomic mass is 32.1. The second-order valence-corrected chi connectivity index (χ2v) is 6.65. The number of nitrogens with zero attached hydrogens (tertiary/aromatic N) is 1. The fourth-order valence-electron chi connectivity index (χ4n) is 2.05. The van der Waals surface area contributed by atoms with Gasteiger partial charge in [-0.1, -0.05) is 43.7 Å². The van der Waals surface area contributed by atoms with Crippen LogP contribution < -0.4 is 11.1 Å². The summed E-state index contributed by atoms with van der Waals surface area (Å²) in [5.41, 5.74) is 9.00. The molecule has 1 amide bonds. The van der Waals surface area contributed by atoms with Gasteiger partial charge in [0.2, 0.25) is 5.91 Å². The number of nitrogens with two attached hydrogens (primary N) is 1. The summed E-state index contributed by atoms with van der Waals surface area (Å²) in [6.07, 6.45) is 0.732. The highest BCUT2D eigenvalue weighted by molar-refractivity contribution is 7.09. The Morgan fingerprint density at radius 2 is 2.00 bits per heavy atom. The van der Waals surface area contributed by atoms with E-state index in [-0.39, 0.29) is 5.91 Å². The van der Waals surface area contributed by atoms with Crippen molar-refractivity contribution >= 4 is 17.2 Å². The van der Waals surface area contributed by atoms with Crippen LogP contribution in [-0.4, -0.2) is 17.4 Å². The molecule has 1 aromatic heterocycles. The van der Waals surface area contributed by atoms with Gasteiger partial charge in [-0.3, -0.25) is 4.79 Å². The van der Waals surface area contributed by atoms with Gasteiger partial charge in [0.15, 0.2) is 0 Å². The Morgan fingerprint density at radius 3 is 2.59 bits per heavy atom. The number of aromatic nitrogens is 1. The average Bonchev–Trinajstić information content (AvgIpc) is 2.96. The first kappa shape index (κ1) is 16.6. The molecule has 0 aliphatic heterocycles. The molecule has 1 heterocycles. The molecule has 1 atom stereocenters. The van der Waals surface area contributed by atoms with Crippen LogP contribution in [0.4, 0.5) is 0 Å². The summed E-state index contributed by atoms with van der Waals surface area (Å²) < 4.78 is 0. The monoisotopic (exact) mass is 317 g/mol. The van der Waals surface area contributed by atoms with Gasteiger partial charge in [-0.2, -0.15) is 0 Å². The van der Waals surface area contributed by atoms with Gasteiger partial charge in [0, 0.05) is 24.3 Å². The summed E-state index contributed by atoms with van der Waals surface area (Å²) >= 11 is 1.67. The minimum atomic E-state index is -0.623. The zero-order valence-electron chi connectivity index (χ0n) is 13.3. The Kier molecular flexibility index (Phi) is 5.69. The molecule has 2 rings (SSSR count). The molecule has 0 saturated heterocycles. The second kappa shape index (κ2) is 7.51. The van der Waals surface area contributed by atoms with Crippen molar-refractivity contribution in [2.24, 2.45) is 5.73 Å². The molecule has 5 heteroatoms. The van der Waals surface area contributed by atoms with Gasteiger partial charge in [0.1, 0.15) is 6.04 Å². The van der Waals surface area contributed by atoms with Gasteiger partial charge in [0.05, 0.1) is 10.7 Å². The molecule has 0 radical (unpaired) electrons. The number of hydrogen-bond acceptors (Lipinski definition) is 4. The number of carbonyl (C=O) groups is 1. The Morgan fingerprint density at radius 1 is 1.32 bits per heavy atom. The number of thiazole rings is 1. The number of benzene rings is 1. The smallest absolute Gasteiger partial charge is 0.241 e. The Balaban J connectivity index is 1.83. The third kappa shape index (κ3) is 4.39. The summed E-state index contributed by atoms with van der Waals surface area (Å²) in [6, 6.07) is 7.10. The van der Waals surface area contributed by atoms with Crippen LogP contribution in [0.15, 0.2) is 29.6 Å². The molecule has 1 unspecified atom stereocenters. The van der Waals surface area contributed by atoms with Gasteiger partial charge in [-0.25, -0.2) is 4.98 Å². The predicted molar refractivity (Wildman–Crippen MR) is 91.0 cm³/mol. The van der Waals surface area contributed by atoms with Crippen LogP contribution in [0, 0.1) is 6.92 Å². The molecule has 0 spiro atoms. The average molecular weight is 317 g/mol. The maximum absolute atomic E-state index is 12.1. The number of nitrogens with one attached hydrogen (secondary N) is 1. The lowest BCUT2D eigenvalue weighted by molar-refractivity contribution is -0.122. The molecule has 0 aliphatic rings. The molecule has 1 aromatic carbocycles. The van der Waals surface area contributed by atoms with Crippen molar-refractivity contribution in [3.05, 3.63) is 51.5 Å². The van der Waals surface area contributed by atoms with E-state index in [1.807, 2.05) is 31.2 Å². The molecular formula is C17H23N3OS. The maximum Gasteiger partial charge on any atom is 0.241 e. The molecule has 0 fully saturated rings. The normalized spacial score (nSPS) is 12.4. The molecule has 22 heavy (non-hydrogen) atoms. The summed E-state index contributed by atoms with van der Waals surface area (Å²) in [4.78, 5) is 16.6. The van der Waals surface area contributed by atoms with Gasteiger partial charge < -0.3 is 11.1 Å². The first-order valence-electron chi connectivity index (χ1n) is 7.51. The van der Waals surface area contributed by atoms with Crippen molar-refractivity contribution in [2.75, 3.05) is 6.54 Å². The molecule has 0 saturated carbocycles. The van der Waals surface area contributed by atoms with Crippen molar-refractivity contribution in [1.29, 1.82) is 0 Å². The van der Waals surface area contributed by atoms with Crippen molar-refractivity contribution in [2.45, 2.75) is 39.2 Å². The Bertz CT molecular complexity index is 619. The lowest BCUT2D eigenvalue weighted by atomic mass is 10.1.